The summed E-state index contributed by atoms with van der Waals surface area (Å²) >= 11 is 0. The Bertz CT molecular complexity index is 1430. The van der Waals surface area contributed by atoms with Gasteiger partial charge in [-0.2, -0.15) is 0 Å². The van der Waals surface area contributed by atoms with E-state index in [1.165, 1.54) is 33.5 Å². The molecule has 1 radical (unpaired) electrons. The average Bonchev–Trinajstić information content (AvgIpc) is 2.81. The summed E-state index contributed by atoms with van der Waals surface area (Å²) in [5.41, 5.74) is 5.05. The standard InChI is InChI=1S/C21H17N2.C11H20O2.Ir/c1-13-10-17(11-14(2)15(13)3)21-20-5-4-16-12-22-8-6-18(16)19(20)7-9-23-21;1-10(2,3)8(12)7-9(13)11(4,5)6;/h4-10,12H,1-3H3;7,12H,1-6H3;/q-1;;/b;8-7-;. The van der Waals surface area contributed by atoms with Crippen molar-refractivity contribution in [3.8, 4) is 11.3 Å². The summed E-state index contributed by atoms with van der Waals surface area (Å²) < 4.78 is 0. The molecule has 2 aromatic carbocycles. The smallest absolute Gasteiger partial charge is 0.164 e. The quantitative estimate of drug-likeness (QED) is 0.101. The number of aryl methyl sites for hydroxylation is 2. The van der Waals surface area contributed by atoms with Crippen LogP contribution >= 0.6 is 0 Å². The second kappa shape index (κ2) is 11.7. The molecule has 0 amide bonds. The zero-order valence-electron chi connectivity index (χ0n) is 23.3. The predicted octanol–water partition coefficient (Wildman–Crippen LogP) is 8.26. The van der Waals surface area contributed by atoms with Crippen molar-refractivity contribution in [3.05, 3.63) is 83.5 Å². The number of benzene rings is 2. The largest absolute Gasteiger partial charge is 0.512 e. The van der Waals surface area contributed by atoms with Crippen molar-refractivity contribution in [2.24, 2.45) is 10.8 Å². The minimum Gasteiger partial charge on any atom is -0.512 e. The number of aromatic nitrogens is 2. The molecule has 0 saturated carbocycles. The fourth-order valence-corrected chi connectivity index (χ4v) is 3.69. The molecule has 4 nitrogen and oxygen atoms in total. The van der Waals surface area contributed by atoms with Gasteiger partial charge in [0.05, 0.1) is 0 Å². The molecule has 37 heavy (non-hydrogen) atoms. The number of carbonyl (C=O) groups excluding carboxylic acids is 1. The third-order valence-corrected chi connectivity index (χ3v) is 6.43. The Morgan fingerprint density at radius 2 is 1.54 bits per heavy atom. The third kappa shape index (κ3) is 7.12. The maximum absolute atomic E-state index is 11.5. The van der Waals surface area contributed by atoms with Gasteiger partial charge in [0, 0.05) is 61.0 Å². The second-order valence-corrected chi connectivity index (χ2v) is 11.4. The molecule has 0 aliphatic heterocycles. The fraction of sp³-hybridized carbons (Fsp3) is 0.344. The van der Waals surface area contributed by atoms with Gasteiger partial charge in [-0.1, -0.05) is 74.4 Å². The first-order valence-corrected chi connectivity index (χ1v) is 12.3. The molecule has 0 saturated heterocycles. The molecular formula is C32H37IrN2O2-. The number of rotatable bonds is 2. The van der Waals surface area contributed by atoms with E-state index in [1.54, 1.807) is 0 Å². The molecule has 0 fully saturated rings. The molecule has 0 aliphatic carbocycles. The number of fused-ring (bicyclic) bond motifs is 3. The maximum Gasteiger partial charge on any atom is 0.164 e. The number of aliphatic hydroxyl groups excluding tert-OH is 1. The van der Waals surface area contributed by atoms with Gasteiger partial charge in [0.2, 0.25) is 0 Å². The number of hydrogen-bond acceptors (Lipinski definition) is 4. The monoisotopic (exact) mass is 674 g/mol. The SMILES string of the molecule is CC(C)(C)C(=O)/C=C(\O)C(C)(C)C.Cc1[c-]c(-c2nccc3c2ccc2cnccc23)cc(C)c1C.[Ir]. The van der Waals surface area contributed by atoms with Gasteiger partial charge in [-0.3, -0.25) is 9.78 Å². The summed E-state index contributed by atoms with van der Waals surface area (Å²) in [6.07, 6.45) is 6.96. The Hall–Kier alpha value is -2.88. The number of carbonyl (C=O) groups is 1. The predicted molar refractivity (Wildman–Crippen MR) is 150 cm³/mol. The van der Waals surface area contributed by atoms with Crippen LogP contribution in [-0.4, -0.2) is 20.9 Å². The first-order chi connectivity index (χ1) is 16.7. The summed E-state index contributed by atoms with van der Waals surface area (Å²) in [6, 6.07) is 14.1. The Morgan fingerprint density at radius 3 is 2.14 bits per heavy atom. The first-order valence-electron chi connectivity index (χ1n) is 12.3. The zero-order valence-corrected chi connectivity index (χ0v) is 25.7. The van der Waals surface area contributed by atoms with Gasteiger partial charge in [-0.25, -0.2) is 0 Å². The minimum absolute atomic E-state index is 0. The molecule has 2 heterocycles. The molecule has 4 rings (SSSR count). The first kappa shape index (κ1) is 30.3. The maximum atomic E-state index is 11.5. The van der Waals surface area contributed by atoms with Crippen LogP contribution in [-0.2, 0) is 24.9 Å². The Labute approximate surface area is 234 Å². The van der Waals surface area contributed by atoms with Crippen molar-refractivity contribution in [1.82, 2.24) is 9.97 Å². The van der Waals surface area contributed by atoms with E-state index in [2.05, 4.69) is 67.1 Å². The van der Waals surface area contributed by atoms with Gasteiger partial charge in [0.1, 0.15) is 5.76 Å². The molecule has 0 spiro atoms. The Kier molecular flexibility index (Phi) is 9.57. The summed E-state index contributed by atoms with van der Waals surface area (Å²) in [4.78, 5) is 20.3. The van der Waals surface area contributed by atoms with E-state index in [1.807, 2.05) is 60.1 Å². The number of nitrogens with zero attached hydrogens (tertiary/aromatic N) is 2. The van der Waals surface area contributed by atoms with Crippen molar-refractivity contribution in [1.29, 1.82) is 0 Å². The second-order valence-electron chi connectivity index (χ2n) is 11.4. The summed E-state index contributed by atoms with van der Waals surface area (Å²) in [7, 11) is 0. The van der Waals surface area contributed by atoms with Gasteiger partial charge >= 0.3 is 0 Å². The molecule has 1 N–H and O–H groups in total. The van der Waals surface area contributed by atoms with Crippen molar-refractivity contribution >= 4 is 27.3 Å². The Balaban J connectivity index is 0.000000299. The molecule has 2 aromatic heterocycles. The van der Waals surface area contributed by atoms with E-state index >= 15 is 0 Å². The van der Waals surface area contributed by atoms with Gasteiger partial charge < -0.3 is 10.1 Å². The molecule has 0 atom stereocenters. The normalized spacial score (nSPS) is 12.1. The minimum atomic E-state index is -0.417. The molecule has 0 aliphatic rings. The van der Waals surface area contributed by atoms with Gasteiger partial charge in [0.15, 0.2) is 5.78 Å². The zero-order chi connectivity index (χ0) is 26.8. The molecule has 0 unspecified atom stereocenters. The summed E-state index contributed by atoms with van der Waals surface area (Å²) in [5, 5.41) is 14.3. The Morgan fingerprint density at radius 1 is 0.892 bits per heavy atom. The molecule has 197 valence electrons. The van der Waals surface area contributed by atoms with Crippen LogP contribution in [0.5, 0.6) is 0 Å². The van der Waals surface area contributed by atoms with E-state index in [0.717, 1.165) is 22.0 Å². The van der Waals surface area contributed by atoms with Crippen LogP contribution in [0, 0.1) is 37.7 Å². The topological polar surface area (TPSA) is 63.1 Å². The van der Waals surface area contributed by atoms with Crippen LogP contribution in [0.4, 0.5) is 0 Å². The van der Waals surface area contributed by atoms with Crippen molar-refractivity contribution < 1.29 is 30.0 Å². The fourth-order valence-electron chi connectivity index (χ4n) is 3.69. The number of pyridine rings is 2. The van der Waals surface area contributed by atoms with Gasteiger partial charge in [-0.15, -0.1) is 34.4 Å². The molecule has 5 heteroatoms. The van der Waals surface area contributed by atoms with Crippen LogP contribution in [0.25, 0.3) is 32.8 Å². The number of hydrogen-bond donors (Lipinski definition) is 1. The molecule has 0 bridgehead atoms. The van der Waals surface area contributed by atoms with Gasteiger partial charge in [0.25, 0.3) is 0 Å². The molecule has 4 aromatic rings. The van der Waals surface area contributed by atoms with E-state index in [-0.39, 0.29) is 37.1 Å². The summed E-state index contributed by atoms with van der Waals surface area (Å²) in [5.74, 6) is 0.104. The van der Waals surface area contributed by atoms with Crippen LogP contribution in [0.15, 0.2) is 60.8 Å². The van der Waals surface area contributed by atoms with Crippen LogP contribution in [0.3, 0.4) is 0 Å². The van der Waals surface area contributed by atoms with E-state index in [4.69, 9.17) is 0 Å². The third-order valence-electron chi connectivity index (χ3n) is 6.43. The van der Waals surface area contributed by atoms with Crippen molar-refractivity contribution in [2.45, 2.75) is 62.3 Å². The molecular weight excluding hydrogens is 637 g/mol. The van der Waals surface area contributed by atoms with Gasteiger partial charge in [-0.05, 0) is 34.0 Å². The van der Waals surface area contributed by atoms with E-state index in [0.29, 0.717) is 0 Å². The van der Waals surface area contributed by atoms with Crippen molar-refractivity contribution in [3.63, 3.8) is 0 Å². The van der Waals surface area contributed by atoms with Crippen LogP contribution in [0.2, 0.25) is 0 Å². The number of allylic oxidation sites excluding steroid dienone is 2. The number of ketones is 1. The van der Waals surface area contributed by atoms with Crippen molar-refractivity contribution in [2.75, 3.05) is 0 Å². The van der Waals surface area contributed by atoms with E-state index in [9.17, 15) is 9.90 Å². The summed E-state index contributed by atoms with van der Waals surface area (Å²) in [6.45, 7) is 17.5. The number of aliphatic hydroxyl groups is 1. The van der Waals surface area contributed by atoms with Crippen LogP contribution in [0.1, 0.15) is 58.2 Å². The van der Waals surface area contributed by atoms with Crippen LogP contribution < -0.4 is 0 Å². The average molecular weight is 674 g/mol. The van der Waals surface area contributed by atoms with E-state index < -0.39 is 5.41 Å².